The van der Waals surface area contributed by atoms with Crippen LogP contribution in [0.2, 0.25) is 0 Å². The summed E-state index contributed by atoms with van der Waals surface area (Å²) >= 11 is 0.443. The first kappa shape index (κ1) is 4.58. The van der Waals surface area contributed by atoms with Crippen LogP contribution in [-0.2, 0) is 0 Å². The average molecular weight is 210 g/mol. The molecule has 0 N–H and O–H groups in total. The second-order valence-electron chi connectivity index (χ2n) is 1.09. The van der Waals surface area contributed by atoms with Crippen molar-refractivity contribution in [2.75, 3.05) is 0 Å². The van der Waals surface area contributed by atoms with Crippen molar-refractivity contribution < 1.29 is 0 Å². The van der Waals surface area contributed by atoms with Gasteiger partial charge in [-0.15, -0.1) is 0 Å². The van der Waals surface area contributed by atoms with E-state index in [0.717, 1.165) is 0 Å². The van der Waals surface area contributed by atoms with Gasteiger partial charge in [-0.05, 0) is 0 Å². The Hall–Kier alpha value is 0.427. The SMILES string of the molecule is C1=C[SiH2][IH]C=C1. The van der Waals surface area contributed by atoms with Gasteiger partial charge in [0.15, 0.2) is 0 Å². The molecule has 0 nitrogen and oxygen atoms in total. The van der Waals surface area contributed by atoms with E-state index in [1.165, 1.54) is 0 Å². The van der Waals surface area contributed by atoms with Crippen molar-refractivity contribution in [2.45, 2.75) is 0 Å². The molecule has 34 valence electrons. The third-order valence-electron chi connectivity index (χ3n) is 0.614. The van der Waals surface area contributed by atoms with E-state index in [-0.39, 0.29) is 0 Å². The molecule has 0 spiro atoms. The van der Waals surface area contributed by atoms with Crippen LogP contribution >= 0.6 is 20.4 Å². The van der Waals surface area contributed by atoms with E-state index < -0.39 is 0 Å². The fourth-order valence-corrected chi connectivity index (χ4v) is 5.01. The van der Waals surface area contributed by atoms with Crippen LogP contribution in [0.1, 0.15) is 0 Å². The molecule has 2 heteroatoms. The van der Waals surface area contributed by atoms with Gasteiger partial charge in [-0.25, -0.2) is 0 Å². The standard InChI is InChI=1S/C4H7ISi/c1-2-4-6-5-3-1/h1-5H,6H2. The van der Waals surface area contributed by atoms with E-state index in [1.54, 1.807) is 0 Å². The molecular formula is C4H7ISi. The van der Waals surface area contributed by atoms with E-state index in [1.807, 2.05) is 0 Å². The number of allylic oxidation sites excluding steroid dienone is 2. The Morgan fingerprint density at radius 1 is 1.33 bits per heavy atom. The molecule has 0 saturated carbocycles. The summed E-state index contributed by atoms with van der Waals surface area (Å²) < 4.78 is 2.37. The van der Waals surface area contributed by atoms with E-state index in [0.29, 0.717) is 27.4 Å². The predicted molar refractivity (Wildman–Crippen MR) is 42.2 cm³/mol. The molecule has 1 heterocycles. The second-order valence-corrected chi connectivity index (χ2v) is 8.71. The van der Waals surface area contributed by atoms with Crippen LogP contribution < -0.4 is 0 Å². The van der Waals surface area contributed by atoms with Gasteiger partial charge in [0.1, 0.15) is 0 Å². The molecule has 1 aliphatic rings. The summed E-state index contributed by atoms with van der Waals surface area (Å²) in [6.07, 6.45) is 4.36. The average Bonchev–Trinajstić information content (AvgIpc) is 1.72. The predicted octanol–water partition coefficient (Wildman–Crippen LogP) is 0.814. The summed E-state index contributed by atoms with van der Waals surface area (Å²) in [7, 11) is 0.371. The summed E-state index contributed by atoms with van der Waals surface area (Å²) in [5.41, 5.74) is 2.38. The van der Waals surface area contributed by atoms with Gasteiger partial charge in [-0.1, -0.05) is 0 Å². The van der Waals surface area contributed by atoms with Crippen molar-refractivity contribution in [2.24, 2.45) is 0 Å². The Labute approximate surface area is 49.5 Å². The molecule has 6 heavy (non-hydrogen) atoms. The van der Waals surface area contributed by atoms with Crippen LogP contribution in [-0.4, -0.2) is 7.02 Å². The van der Waals surface area contributed by atoms with Gasteiger partial charge >= 0.3 is 49.4 Å². The van der Waals surface area contributed by atoms with E-state index in [2.05, 4.69) is 21.9 Å². The number of hydrogen-bond acceptors (Lipinski definition) is 0. The van der Waals surface area contributed by atoms with Crippen molar-refractivity contribution in [3.05, 3.63) is 21.9 Å². The van der Waals surface area contributed by atoms with Gasteiger partial charge in [-0.2, -0.15) is 0 Å². The minimum absolute atomic E-state index is 0.371. The summed E-state index contributed by atoms with van der Waals surface area (Å²) in [5, 5.41) is 0. The van der Waals surface area contributed by atoms with Crippen molar-refractivity contribution >= 4 is 27.4 Å². The molecule has 1 aliphatic heterocycles. The number of hydrogen-bond donors (Lipinski definition) is 0. The van der Waals surface area contributed by atoms with Gasteiger partial charge < -0.3 is 0 Å². The summed E-state index contributed by atoms with van der Waals surface area (Å²) in [4.78, 5) is 0. The quantitative estimate of drug-likeness (QED) is 0.315. The number of rotatable bonds is 0. The van der Waals surface area contributed by atoms with Crippen molar-refractivity contribution in [3.8, 4) is 0 Å². The van der Waals surface area contributed by atoms with Crippen LogP contribution in [0.25, 0.3) is 0 Å². The van der Waals surface area contributed by atoms with Crippen molar-refractivity contribution in [1.82, 2.24) is 0 Å². The molecular weight excluding hydrogens is 203 g/mol. The molecule has 0 atom stereocenters. The van der Waals surface area contributed by atoms with Crippen molar-refractivity contribution in [3.63, 3.8) is 0 Å². The molecule has 0 saturated heterocycles. The summed E-state index contributed by atoms with van der Waals surface area (Å²) in [6.45, 7) is 0. The first-order valence-corrected chi connectivity index (χ1v) is 9.62. The van der Waals surface area contributed by atoms with Gasteiger partial charge in [0.25, 0.3) is 0 Å². The molecule has 0 fully saturated rings. The van der Waals surface area contributed by atoms with Gasteiger partial charge in [0.05, 0.1) is 0 Å². The zero-order valence-electron chi connectivity index (χ0n) is 3.42. The molecule has 0 amide bonds. The van der Waals surface area contributed by atoms with Gasteiger partial charge in [0.2, 0.25) is 0 Å². The van der Waals surface area contributed by atoms with Crippen LogP contribution in [0.15, 0.2) is 21.9 Å². The third kappa shape index (κ3) is 1.26. The number of halogens is 1. The van der Waals surface area contributed by atoms with Crippen molar-refractivity contribution in [1.29, 1.82) is 0 Å². The second kappa shape index (κ2) is 2.57. The van der Waals surface area contributed by atoms with Gasteiger partial charge in [0, 0.05) is 0 Å². The first-order valence-electron chi connectivity index (χ1n) is 1.93. The maximum atomic E-state index is 2.38. The molecule has 0 radical (unpaired) electrons. The molecule has 0 bridgehead atoms. The molecule has 0 aromatic heterocycles. The van der Waals surface area contributed by atoms with Crippen LogP contribution in [0, 0.1) is 0 Å². The fourth-order valence-electron chi connectivity index (χ4n) is 0.346. The molecule has 0 aromatic rings. The minimum atomic E-state index is 0.371. The van der Waals surface area contributed by atoms with E-state index in [9.17, 15) is 0 Å². The molecule has 0 aromatic carbocycles. The molecule has 1 rings (SSSR count). The van der Waals surface area contributed by atoms with Crippen LogP contribution in [0.5, 0.6) is 0 Å². The van der Waals surface area contributed by atoms with Crippen LogP contribution in [0.4, 0.5) is 0 Å². The summed E-state index contributed by atoms with van der Waals surface area (Å²) in [5.74, 6) is 0. The van der Waals surface area contributed by atoms with Crippen LogP contribution in [0.3, 0.4) is 0 Å². The Kier molecular flexibility index (Phi) is 1.97. The molecule has 0 unspecified atom stereocenters. The van der Waals surface area contributed by atoms with Gasteiger partial charge in [-0.3, -0.25) is 0 Å². The van der Waals surface area contributed by atoms with E-state index >= 15 is 0 Å². The Morgan fingerprint density at radius 3 is 2.50 bits per heavy atom. The topological polar surface area (TPSA) is 0 Å². The zero-order valence-corrected chi connectivity index (χ0v) is 7.17. The maximum absolute atomic E-state index is 2.38. The monoisotopic (exact) mass is 210 g/mol. The Morgan fingerprint density at radius 2 is 2.33 bits per heavy atom. The first-order chi connectivity index (χ1) is 3.00. The molecule has 0 aliphatic carbocycles. The Balaban J connectivity index is 2.46. The van der Waals surface area contributed by atoms with E-state index in [4.69, 9.17) is 0 Å². The third-order valence-corrected chi connectivity index (χ3v) is 6.86. The fraction of sp³-hybridized carbons (Fsp3) is 0. The normalized spacial score (nSPS) is 24.0. The zero-order chi connectivity index (χ0) is 4.24. The Bertz CT molecular complexity index is 73.5. The summed E-state index contributed by atoms with van der Waals surface area (Å²) in [6, 6.07) is 0.